The van der Waals surface area contributed by atoms with Crippen molar-refractivity contribution in [3.8, 4) is 5.75 Å². The quantitative estimate of drug-likeness (QED) is 0.338. The van der Waals surface area contributed by atoms with Crippen molar-refractivity contribution in [2.75, 3.05) is 35.4 Å². The summed E-state index contributed by atoms with van der Waals surface area (Å²) in [4.78, 5) is 19.0. The Morgan fingerprint density at radius 2 is 1.89 bits per heavy atom. The number of nitrogens with two attached hydrogens (primary N) is 1. The molecule has 0 spiro atoms. The number of nitrogens with one attached hydrogen (secondary N) is 2. The highest BCUT2D eigenvalue weighted by atomic mass is 32.2. The summed E-state index contributed by atoms with van der Waals surface area (Å²) in [5.74, 6) is -3.03. The summed E-state index contributed by atoms with van der Waals surface area (Å²) in [7, 11) is -1.09. The van der Waals surface area contributed by atoms with Crippen LogP contribution < -0.4 is 25.4 Å². The molecule has 0 unspecified atom stereocenters. The number of amides is 1. The minimum Gasteiger partial charge on any atom is -0.495 e. The van der Waals surface area contributed by atoms with E-state index in [1.54, 1.807) is 25.1 Å². The average molecular weight is 557 g/mol. The third kappa shape index (κ3) is 6.40. The molecule has 204 valence electrons. The normalized spacial score (nSPS) is 11.7. The number of carbonyl (C=O) groups is 1. The van der Waals surface area contributed by atoms with Gasteiger partial charge in [-0.2, -0.15) is 18.2 Å². The van der Waals surface area contributed by atoms with Gasteiger partial charge in [-0.3, -0.25) is 9.10 Å². The number of aromatic nitrogens is 2. The van der Waals surface area contributed by atoms with Crippen LogP contribution in [0.2, 0.25) is 0 Å². The maximum atomic E-state index is 14.3. The smallest absolute Gasteiger partial charge is 0.421 e. The van der Waals surface area contributed by atoms with Gasteiger partial charge in [-0.1, -0.05) is 12.1 Å². The van der Waals surface area contributed by atoms with Gasteiger partial charge in [-0.25, -0.2) is 17.8 Å². The zero-order valence-electron chi connectivity index (χ0n) is 20.6. The fourth-order valence-electron chi connectivity index (χ4n) is 3.39. The van der Waals surface area contributed by atoms with Crippen molar-refractivity contribution >= 4 is 39.1 Å². The van der Waals surface area contributed by atoms with E-state index in [0.29, 0.717) is 11.8 Å². The van der Waals surface area contributed by atoms with Crippen molar-refractivity contribution in [2.45, 2.75) is 19.6 Å². The first-order valence-electron chi connectivity index (χ1n) is 10.8. The van der Waals surface area contributed by atoms with Gasteiger partial charge in [-0.15, -0.1) is 0 Å². The van der Waals surface area contributed by atoms with Crippen LogP contribution in [0, 0.1) is 12.7 Å². The Hall–Kier alpha value is -4.14. The van der Waals surface area contributed by atoms with E-state index in [4.69, 9.17) is 10.5 Å². The molecule has 15 heteroatoms. The first kappa shape index (κ1) is 28.4. The summed E-state index contributed by atoms with van der Waals surface area (Å²) < 4.78 is 85.7. The van der Waals surface area contributed by atoms with E-state index in [9.17, 15) is 30.8 Å². The van der Waals surface area contributed by atoms with Gasteiger partial charge in [0.15, 0.2) is 0 Å². The zero-order valence-corrected chi connectivity index (χ0v) is 21.5. The van der Waals surface area contributed by atoms with Crippen LogP contribution in [0.1, 0.15) is 27.0 Å². The Labute approximate surface area is 215 Å². The zero-order chi connectivity index (χ0) is 28.4. The lowest BCUT2D eigenvalue weighted by atomic mass is 10.1. The lowest BCUT2D eigenvalue weighted by Crippen LogP contribution is -2.26. The number of methoxy groups -OCH3 is 1. The van der Waals surface area contributed by atoms with Crippen molar-refractivity contribution in [3.05, 3.63) is 64.6 Å². The minimum absolute atomic E-state index is 0.0358. The molecule has 0 aliphatic heterocycles. The second-order valence-corrected chi connectivity index (χ2v) is 10.2. The molecule has 38 heavy (non-hydrogen) atoms. The Kier molecular flexibility index (Phi) is 8.00. The van der Waals surface area contributed by atoms with Crippen LogP contribution in [0.25, 0.3) is 0 Å². The molecule has 0 aliphatic carbocycles. The number of sulfonamides is 1. The molecule has 1 amide bonds. The number of hydrogen-bond acceptors (Lipinski definition) is 8. The third-order valence-electron chi connectivity index (χ3n) is 5.42. The van der Waals surface area contributed by atoms with Crippen LogP contribution in [0.5, 0.6) is 5.75 Å². The van der Waals surface area contributed by atoms with Crippen molar-refractivity contribution in [3.63, 3.8) is 0 Å². The molecular weight excluding hydrogens is 532 g/mol. The summed E-state index contributed by atoms with van der Waals surface area (Å²) in [6.07, 6.45) is -3.28. The summed E-state index contributed by atoms with van der Waals surface area (Å²) in [6.45, 7) is 1.52. The molecule has 1 aromatic heterocycles. The van der Waals surface area contributed by atoms with E-state index in [0.717, 1.165) is 28.3 Å². The standard InChI is InChI=1S/C23H24F4N6O4S/c1-12-5-6-13(18(7-12)33(2)38(4,35)36)10-29-21-15(23(25,26)27)11-30-22(32-21)31-17-9-16(24)14(20(28)34)8-19(17)37-3/h5-9,11H,10H2,1-4H3,(H2,28,34)(H2,29,30,31,32). The highest BCUT2D eigenvalue weighted by Crippen LogP contribution is 2.36. The van der Waals surface area contributed by atoms with Gasteiger partial charge in [0, 0.05) is 25.9 Å². The summed E-state index contributed by atoms with van der Waals surface area (Å²) in [6, 6.07) is 6.76. The van der Waals surface area contributed by atoms with Crippen LogP contribution in [0.3, 0.4) is 0 Å². The average Bonchev–Trinajstić information content (AvgIpc) is 2.81. The van der Waals surface area contributed by atoms with Gasteiger partial charge in [0.25, 0.3) is 5.91 Å². The van der Waals surface area contributed by atoms with Crippen LogP contribution in [0.15, 0.2) is 36.5 Å². The number of nitrogens with zero attached hydrogens (tertiary/aromatic N) is 3. The molecule has 0 atom stereocenters. The molecule has 3 aromatic rings. The fourth-order valence-corrected chi connectivity index (χ4v) is 3.91. The van der Waals surface area contributed by atoms with Crippen molar-refractivity contribution < 1.29 is 35.5 Å². The Morgan fingerprint density at radius 3 is 2.47 bits per heavy atom. The summed E-state index contributed by atoms with van der Waals surface area (Å²) in [5.41, 5.74) is 4.83. The fraction of sp³-hybridized carbons (Fsp3) is 0.261. The van der Waals surface area contributed by atoms with Gasteiger partial charge in [-0.05, 0) is 30.2 Å². The highest BCUT2D eigenvalue weighted by Gasteiger charge is 2.35. The van der Waals surface area contributed by atoms with Gasteiger partial charge in [0.2, 0.25) is 16.0 Å². The summed E-state index contributed by atoms with van der Waals surface area (Å²) >= 11 is 0. The molecule has 4 N–H and O–H groups in total. The molecule has 0 saturated heterocycles. The minimum atomic E-state index is -4.83. The molecule has 3 rings (SSSR count). The molecule has 2 aromatic carbocycles. The monoisotopic (exact) mass is 556 g/mol. The van der Waals surface area contributed by atoms with E-state index in [1.165, 1.54) is 14.2 Å². The van der Waals surface area contributed by atoms with Crippen LogP contribution in [-0.2, 0) is 22.7 Å². The largest absolute Gasteiger partial charge is 0.495 e. The molecule has 0 fully saturated rings. The maximum absolute atomic E-state index is 14.3. The second kappa shape index (κ2) is 10.7. The number of ether oxygens (including phenoxy) is 1. The van der Waals surface area contributed by atoms with E-state index in [-0.39, 0.29) is 29.6 Å². The third-order valence-corrected chi connectivity index (χ3v) is 6.61. The van der Waals surface area contributed by atoms with E-state index < -0.39 is 44.9 Å². The van der Waals surface area contributed by atoms with Crippen molar-refractivity contribution in [1.29, 1.82) is 0 Å². The lowest BCUT2D eigenvalue weighted by molar-refractivity contribution is -0.137. The molecule has 0 saturated carbocycles. The molecule has 0 bridgehead atoms. The SMILES string of the molecule is COc1cc(C(N)=O)c(F)cc1Nc1ncc(C(F)(F)F)c(NCc2ccc(C)cc2N(C)S(C)(=O)=O)n1. The number of carbonyl (C=O) groups excluding carboxylic acids is 1. The Bertz CT molecular complexity index is 1480. The number of hydrogen-bond donors (Lipinski definition) is 3. The molecule has 10 nitrogen and oxygen atoms in total. The van der Waals surface area contributed by atoms with Gasteiger partial charge < -0.3 is 21.1 Å². The topological polar surface area (TPSA) is 140 Å². The van der Waals surface area contributed by atoms with Gasteiger partial charge in [0.05, 0.1) is 30.3 Å². The molecule has 0 aliphatic rings. The van der Waals surface area contributed by atoms with Crippen LogP contribution >= 0.6 is 0 Å². The number of primary amides is 1. The van der Waals surface area contributed by atoms with Crippen molar-refractivity contribution in [1.82, 2.24) is 9.97 Å². The Morgan fingerprint density at radius 1 is 1.21 bits per heavy atom. The van der Waals surface area contributed by atoms with Crippen LogP contribution in [-0.4, -0.2) is 44.7 Å². The number of benzene rings is 2. The van der Waals surface area contributed by atoms with E-state index in [1.807, 2.05) is 0 Å². The van der Waals surface area contributed by atoms with Crippen LogP contribution in [0.4, 0.5) is 40.7 Å². The van der Waals surface area contributed by atoms with Crippen molar-refractivity contribution in [2.24, 2.45) is 5.73 Å². The van der Waals surface area contributed by atoms with E-state index in [2.05, 4.69) is 20.6 Å². The van der Waals surface area contributed by atoms with E-state index >= 15 is 0 Å². The molecule has 1 heterocycles. The predicted octanol–water partition coefficient (Wildman–Crippen LogP) is 3.80. The summed E-state index contributed by atoms with van der Waals surface area (Å²) in [5, 5.41) is 5.16. The van der Waals surface area contributed by atoms with Gasteiger partial charge in [0.1, 0.15) is 22.9 Å². The predicted molar refractivity (Wildman–Crippen MR) is 134 cm³/mol. The molecular formula is C23H24F4N6O4S. The number of anilines is 4. The lowest BCUT2D eigenvalue weighted by Gasteiger charge is -2.22. The number of aryl methyl sites for hydroxylation is 1. The maximum Gasteiger partial charge on any atom is 0.421 e. The Balaban J connectivity index is 1.99. The first-order chi connectivity index (χ1) is 17.6. The number of alkyl halides is 3. The number of rotatable bonds is 9. The number of halogens is 4. The second-order valence-electron chi connectivity index (χ2n) is 8.19. The highest BCUT2D eigenvalue weighted by molar-refractivity contribution is 7.92. The first-order valence-corrected chi connectivity index (χ1v) is 12.6. The molecule has 0 radical (unpaired) electrons. The van der Waals surface area contributed by atoms with Gasteiger partial charge >= 0.3 is 6.18 Å².